The highest BCUT2D eigenvalue weighted by Gasteiger charge is 2.12. The van der Waals surface area contributed by atoms with Gasteiger partial charge in [0.2, 0.25) is 0 Å². The number of hydrogen-bond acceptors (Lipinski definition) is 4. The molecule has 2 rings (SSSR count). The van der Waals surface area contributed by atoms with Gasteiger partial charge in [-0.15, -0.1) is 0 Å². The molecule has 2 aromatic rings. The fourth-order valence-electron chi connectivity index (χ4n) is 2.18. The lowest BCUT2D eigenvalue weighted by Crippen LogP contribution is -2.13. The molecule has 2 aromatic heterocycles. The lowest BCUT2D eigenvalue weighted by atomic mass is 10.2. The number of H-pyrrole nitrogens is 2. The second-order valence-corrected chi connectivity index (χ2v) is 5.16. The summed E-state index contributed by atoms with van der Waals surface area (Å²) in [6.45, 7) is 7.87. The average molecular weight is 334 g/mol. The zero-order valence-corrected chi connectivity index (χ0v) is 14.7. The van der Waals surface area contributed by atoms with Crippen LogP contribution in [0.15, 0.2) is 0 Å². The number of primary amides is 2. The second kappa shape index (κ2) is 8.85. The van der Waals surface area contributed by atoms with Gasteiger partial charge >= 0.3 is 0 Å². The number of aromatic nitrogens is 4. The smallest absolute Gasteiger partial charge is 0.269 e. The van der Waals surface area contributed by atoms with E-state index < -0.39 is 11.8 Å². The first-order valence-electron chi connectivity index (χ1n) is 8.12. The number of rotatable bonds is 6. The van der Waals surface area contributed by atoms with Gasteiger partial charge in [-0.05, 0) is 12.8 Å². The molecule has 0 fully saturated rings. The first-order chi connectivity index (χ1) is 11.4. The number of aromatic amines is 2. The van der Waals surface area contributed by atoms with Crippen LogP contribution in [-0.4, -0.2) is 31.8 Å². The first-order valence-corrected chi connectivity index (χ1v) is 8.12. The van der Waals surface area contributed by atoms with E-state index in [1.165, 1.54) is 0 Å². The Hall–Kier alpha value is -2.64. The summed E-state index contributed by atoms with van der Waals surface area (Å²) in [6.07, 6.45) is 3.09. The summed E-state index contributed by atoms with van der Waals surface area (Å²) in [5.41, 5.74) is 12.7. The maximum atomic E-state index is 10.8. The molecule has 2 heterocycles. The van der Waals surface area contributed by atoms with Crippen LogP contribution in [0, 0.1) is 0 Å². The standard InChI is InChI=1S/2C8H13N3O/c2*1-3-5-7(8(9)12)11-6(4-2)10-5/h2*3-4H2,1-2H3,(H2,9,12)(H,10,11). The third-order valence-electron chi connectivity index (χ3n) is 3.50. The molecular weight excluding hydrogens is 308 g/mol. The number of nitrogens with zero attached hydrogens (tertiary/aromatic N) is 2. The van der Waals surface area contributed by atoms with E-state index in [0.717, 1.165) is 48.7 Å². The predicted molar refractivity (Wildman–Crippen MR) is 91.7 cm³/mol. The van der Waals surface area contributed by atoms with Crippen LogP contribution in [0.1, 0.15) is 71.7 Å². The van der Waals surface area contributed by atoms with Gasteiger partial charge in [0, 0.05) is 24.2 Å². The molecule has 6 N–H and O–H groups in total. The maximum absolute atomic E-state index is 10.8. The molecular formula is C16H26N6O2. The van der Waals surface area contributed by atoms with Crippen LogP contribution in [0.5, 0.6) is 0 Å². The van der Waals surface area contributed by atoms with E-state index in [2.05, 4.69) is 19.9 Å². The monoisotopic (exact) mass is 334 g/mol. The highest BCUT2D eigenvalue weighted by molar-refractivity contribution is 5.92. The summed E-state index contributed by atoms with van der Waals surface area (Å²) in [5, 5.41) is 0. The van der Waals surface area contributed by atoms with Crippen molar-refractivity contribution in [2.24, 2.45) is 11.5 Å². The van der Waals surface area contributed by atoms with Crippen LogP contribution in [0.3, 0.4) is 0 Å². The van der Waals surface area contributed by atoms with Gasteiger partial charge < -0.3 is 21.4 Å². The van der Waals surface area contributed by atoms with Crippen LogP contribution in [-0.2, 0) is 25.7 Å². The van der Waals surface area contributed by atoms with E-state index >= 15 is 0 Å². The van der Waals surface area contributed by atoms with E-state index in [1.54, 1.807) is 0 Å². The second-order valence-electron chi connectivity index (χ2n) is 5.16. The Labute approximate surface area is 141 Å². The zero-order valence-electron chi connectivity index (χ0n) is 14.7. The van der Waals surface area contributed by atoms with Crippen LogP contribution < -0.4 is 11.5 Å². The summed E-state index contributed by atoms with van der Waals surface area (Å²) >= 11 is 0. The van der Waals surface area contributed by atoms with Gasteiger partial charge in [-0.3, -0.25) is 9.59 Å². The van der Waals surface area contributed by atoms with Crippen molar-refractivity contribution in [1.82, 2.24) is 19.9 Å². The summed E-state index contributed by atoms with van der Waals surface area (Å²) in [6, 6.07) is 0. The Bertz CT molecular complexity index is 641. The number of carbonyl (C=O) groups excluding carboxylic acids is 2. The fourth-order valence-corrected chi connectivity index (χ4v) is 2.18. The van der Waals surface area contributed by atoms with Gasteiger partial charge in [-0.25, -0.2) is 9.97 Å². The number of carbonyl (C=O) groups is 2. The van der Waals surface area contributed by atoms with Gasteiger partial charge in [-0.2, -0.15) is 0 Å². The van der Waals surface area contributed by atoms with Gasteiger partial charge in [0.1, 0.15) is 23.0 Å². The summed E-state index contributed by atoms with van der Waals surface area (Å²) in [4.78, 5) is 35.9. The van der Waals surface area contributed by atoms with Crippen molar-refractivity contribution in [3.8, 4) is 0 Å². The topological polar surface area (TPSA) is 144 Å². The minimum atomic E-state index is -0.456. The highest BCUT2D eigenvalue weighted by atomic mass is 16.1. The summed E-state index contributed by atoms with van der Waals surface area (Å²) < 4.78 is 0. The molecule has 2 amide bonds. The third kappa shape index (κ3) is 4.68. The van der Waals surface area contributed by atoms with Gasteiger partial charge in [0.15, 0.2) is 0 Å². The number of nitrogens with one attached hydrogen (secondary N) is 2. The van der Waals surface area contributed by atoms with Crippen molar-refractivity contribution in [2.75, 3.05) is 0 Å². The highest BCUT2D eigenvalue weighted by Crippen LogP contribution is 2.07. The predicted octanol–water partition coefficient (Wildman–Crippen LogP) is 1.27. The lowest BCUT2D eigenvalue weighted by molar-refractivity contribution is 0.0986. The maximum Gasteiger partial charge on any atom is 0.269 e. The van der Waals surface area contributed by atoms with Crippen molar-refractivity contribution in [2.45, 2.75) is 53.4 Å². The third-order valence-corrected chi connectivity index (χ3v) is 3.50. The molecule has 0 unspecified atom stereocenters. The average Bonchev–Trinajstić information content (AvgIpc) is 3.18. The van der Waals surface area contributed by atoms with Crippen LogP contribution in [0.2, 0.25) is 0 Å². The molecule has 0 aliphatic heterocycles. The Balaban J connectivity index is 0.000000240. The first kappa shape index (κ1) is 19.4. The number of amides is 2. The van der Waals surface area contributed by atoms with Crippen molar-refractivity contribution < 1.29 is 9.59 Å². The summed E-state index contributed by atoms with van der Waals surface area (Å²) in [5.74, 6) is 0.729. The molecule has 0 saturated heterocycles. The molecule has 0 aliphatic carbocycles. The Kier molecular flexibility index (Phi) is 7.16. The Morgan fingerprint density at radius 1 is 0.750 bits per heavy atom. The fraction of sp³-hybridized carbons (Fsp3) is 0.500. The minimum Gasteiger partial charge on any atom is -0.364 e. The molecule has 8 nitrogen and oxygen atoms in total. The number of hydrogen-bond donors (Lipinski definition) is 4. The number of nitrogens with two attached hydrogens (primary N) is 2. The molecule has 0 aromatic carbocycles. The molecule has 24 heavy (non-hydrogen) atoms. The quantitative estimate of drug-likeness (QED) is 0.630. The van der Waals surface area contributed by atoms with Crippen LogP contribution in [0.4, 0.5) is 0 Å². The number of aryl methyl sites for hydroxylation is 4. The van der Waals surface area contributed by atoms with Gasteiger partial charge in [0.05, 0.1) is 0 Å². The van der Waals surface area contributed by atoms with Crippen molar-refractivity contribution in [3.05, 3.63) is 34.4 Å². The molecule has 0 radical (unpaired) electrons. The minimum absolute atomic E-state index is 0.384. The molecule has 0 atom stereocenters. The molecule has 8 heteroatoms. The summed E-state index contributed by atoms with van der Waals surface area (Å²) in [7, 11) is 0. The molecule has 0 saturated carbocycles. The van der Waals surface area contributed by atoms with E-state index in [-0.39, 0.29) is 0 Å². The normalized spacial score (nSPS) is 10.2. The number of imidazole rings is 2. The Morgan fingerprint density at radius 3 is 1.25 bits per heavy atom. The van der Waals surface area contributed by atoms with E-state index in [0.29, 0.717) is 11.4 Å². The molecule has 132 valence electrons. The molecule has 0 aliphatic rings. The van der Waals surface area contributed by atoms with E-state index in [1.807, 2.05) is 27.7 Å². The van der Waals surface area contributed by atoms with Crippen molar-refractivity contribution in [1.29, 1.82) is 0 Å². The van der Waals surface area contributed by atoms with Crippen LogP contribution in [0.25, 0.3) is 0 Å². The van der Waals surface area contributed by atoms with Crippen LogP contribution >= 0.6 is 0 Å². The van der Waals surface area contributed by atoms with E-state index in [4.69, 9.17) is 11.5 Å². The van der Waals surface area contributed by atoms with E-state index in [9.17, 15) is 9.59 Å². The lowest BCUT2D eigenvalue weighted by Gasteiger charge is -1.91. The SMILES string of the molecule is CCc1nc(C(N)=O)c(CC)[nH]1.CCc1nc(C(N)=O)c(CC)[nH]1. The molecule has 0 bridgehead atoms. The van der Waals surface area contributed by atoms with Crippen molar-refractivity contribution in [3.63, 3.8) is 0 Å². The van der Waals surface area contributed by atoms with Crippen molar-refractivity contribution >= 4 is 11.8 Å². The Morgan fingerprint density at radius 2 is 1.08 bits per heavy atom. The molecule has 0 spiro atoms. The zero-order chi connectivity index (χ0) is 18.3. The van der Waals surface area contributed by atoms with Gasteiger partial charge in [0.25, 0.3) is 11.8 Å². The largest absolute Gasteiger partial charge is 0.364 e. The van der Waals surface area contributed by atoms with Gasteiger partial charge in [-0.1, -0.05) is 27.7 Å².